The average molecular weight is 352 g/mol. The van der Waals surface area contributed by atoms with Crippen LogP contribution in [0.2, 0.25) is 0 Å². The zero-order valence-electron chi connectivity index (χ0n) is 14.3. The van der Waals surface area contributed by atoms with Crippen LogP contribution in [0.4, 0.5) is 11.5 Å². The van der Waals surface area contributed by atoms with Gasteiger partial charge in [0, 0.05) is 22.7 Å². The maximum absolute atomic E-state index is 12.1. The van der Waals surface area contributed by atoms with Gasteiger partial charge in [-0.1, -0.05) is 6.07 Å². The van der Waals surface area contributed by atoms with Crippen molar-refractivity contribution in [3.05, 3.63) is 46.1 Å². The van der Waals surface area contributed by atoms with E-state index in [1.807, 2.05) is 38.1 Å². The lowest BCUT2D eigenvalue weighted by atomic mass is 10.1. The predicted octanol–water partition coefficient (Wildman–Crippen LogP) is 3.98. The molecule has 0 saturated heterocycles. The Hall–Kier alpha value is -2.47. The number of rotatable bonds is 4. The molecule has 0 atom stereocenters. The summed E-state index contributed by atoms with van der Waals surface area (Å²) in [6.45, 7) is 4.45. The Bertz CT molecular complexity index is 963. The molecule has 0 bridgehead atoms. The molecule has 3 aromatic rings. The molecule has 1 aliphatic carbocycles. The molecule has 2 heterocycles. The highest BCUT2D eigenvalue weighted by molar-refractivity contribution is 7.19. The number of nitrogens with one attached hydrogen (secondary N) is 2. The van der Waals surface area contributed by atoms with Gasteiger partial charge in [-0.3, -0.25) is 4.79 Å². The molecule has 2 N–H and O–H groups in total. The molecule has 1 aromatic carbocycles. The van der Waals surface area contributed by atoms with E-state index in [1.165, 1.54) is 16.9 Å². The van der Waals surface area contributed by atoms with Crippen molar-refractivity contribution in [3.8, 4) is 0 Å². The Morgan fingerprint density at radius 3 is 3.00 bits per heavy atom. The second-order valence-electron chi connectivity index (χ2n) is 6.22. The number of carbonyl (C=O) groups excluding carboxylic acids is 1. The molecule has 2 aromatic heterocycles. The molecule has 0 saturated carbocycles. The number of hydrogen-bond acceptors (Lipinski definition) is 5. The van der Waals surface area contributed by atoms with Gasteiger partial charge in [-0.05, 0) is 56.9 Å². The van der Waals surface area contributed by atoms with E-state index >= 15 is 0 Å². The molecule has 0 aliphatic heterocycles. The minimum Gasteiger partial charge on any atom is -0.352 e. The van der Waals surface area contributed by atoms with E-state index in [9.17, 15) is 4.79 Å². The number of hydrogen-bond donors (Lipinski definition) is 2. The van der Waals surface area contributed by atoms with Crippen LogP contribution < -0.4 is 10.6 Å². The number of thiophene rings is 1. The van der Waals surface area contributed by atoms with Gasteiger partial charge >= 0.3 is 0 Å². The van der Waals surface area contributed by atoms with Crippen molar-refractivity contribution < 1.29 is 4.79 Å². The molecule has 128 valence electrons. The number of nitrogens with zero attached hydrogens (tertiary/aromatic N) is 2. The van der Waals surface area contributed by atoms with E-state index in [1.54, 1.807) is 11.3 Å². The van der Waals surface area contributed by atoms with Crippen molar-refractivity contribution in [2.45, 2.75) is 33.1 Å². The predicted molar refractivity (Wildman–Crippen MR) is 102 cm³/mol. The minimum absolute atomic E-state index is 0.0633. The van der Waals surface area contributed by atoms with Crippen molar-refractivity contribution in [1.29, 1.82) is 0 Å². The molecule has 4 rings (SSSR count). The fourth-order valence-corrected chi connectivity index (χ4v) is 4.64. The SMILES string of the molecule is CCNC(=O)c1cccc(Nc2nc(C)nc3sc4c(c23)CCC4)c1. The summed E-state index contributed by atoms with van der Waals surface area (Å²) in [6.07, 6.45) is 3.44. The summed E-state index contributed by atoms with van der Waals surface area (Å²) in [5, 5.41) is 7.39. The molecule has 1 amide bonds. The summed E-state index contributed by atoms with van der Waals surface area (Å²) >= 11 is 1.78. The molecule has 5 nitrogen and oxygen atoms in total. The standard InChI is InChI=1S/C19H20N4OS/c1-3-20-18(24)12-6-4-7-13(10-12)23-17-16-14-8-5-9-15(14)25-19(16)22-11(2)21-17/h4,6-7,10H,3,5,8-9H2,1-2H3,(H,20,24)(H,21,22,23). The lowest BCUT2D eigenvalue weighted by Crippen LogP contribution is -2.22. The number of benzene rings is 1. The van der Waals surface area contributed by atoms with Crippen LogP contribution in [-0.4, -0.2) is 22.4 Å². The van der Waals surface area contributed by atoms with E-state index in [0.717, 1.165) is 40.4 Å². The third-order valence-corrected chi connectivity index (χ3v) is 5.59. The molecule has 0 unspecified atom stereocenters. The average Bonchev–Trinajstić information content (AvgIpc) is 3.15. The quantitative estimate of drug-likeness (QED) is 0.745. The van der Waals surface area contributed by atoms with Gasteiger partial charge in [-0.15, -0.1) is 11.3 Å². The summed E-state index contributed by atoms with van der Waals surface area (Å²) in [4.78, 5) is 23.8. The normalized spacial score (nSPS) is 13.0. The van der Waals surface area contributed by atoms with E-state index < -0.39 is 0 Å². The highest BCUT2D eigenvalue weighted by Crippen LogP contribution is 2.40. The topological polar surface area (TPSA) is 66.9 Å². The number of fused-ring (bicyclic) bond motifs is 3. The van der Waals surface area contributed by atoms with Crippen LogP contribution in [0.1, 0.15) is 40.0 Å². The Kier molecular flexibility index (Phi) is 4.13. The van der Waals surface area contributed by atoms with Gasteiger partial charge in [0.25, 0.3) is 5.91 Å². The van der Waals surface area contributed by atoms with Crippen molar-refractivity contribution in [2.75, 3.05) is 11.9 Å². The Morgan fingerprint density at radius 2 is 2.16 bits per heavy atom. The van der Waals surface area contributed by atoms with Crippen molar-refractivity contribution in [1.82, 2.24) is 15.3 Å². The van der Waals surface area contributed by atoms with Gasteiger partial charge in [-0.2, -0.15) is 0 Å². The number of anilines is 2. The summed E-state index contributed by atoms with van der Waals surface area (Å²) < 4.78 is 0. The smallest absolute Gasteiger partial charge is 0.251 e. The van der Waals surface area contributed by atoms with Gasteiger partial charge < -0.3 is 10.6 Å². The van der Waals surface area contributed by atoms with E-state index in [-0.39, 0.29) is 5.91 Å². The second-order valence-corrected chi connectivity index (χ2v) is 7.31. The highest BCUT2D eigenvalue weighted by atomic mass is 32.1. The van der Waals surface area contributed by atoms with Crippen molar-refractivity contribution >= 4 is 39.0 Å². The molecule has 0 fully saturated rings. The molecular formula is C19H20N4OS. The first-order chi connectivity index (χ1) is 12.2. The van der Waals surface area contributed by atoms with Gasteiger partial charge in [0.15, 0.2) is 0 Å². The van der Waals surface area contributed by atoms with Gasteiger partial charge in [0.2, 0.25) is 0 Å². The first-order valence-electron chi connectivity index (χ1n) is 8.60. The van der Waals surface area contributed by atoms with E-state index in [4.69, 9.17) is 0 Å². The molecule has 0 radical (unpaired) electrons. The van der Waals surface area contributed by atoms with Crippen LogP contribution >= 0.6 is 11.3 Å². The fraction of sp³-hybridized carbons (Fsp3) is 0.316. The van der Waals surface area contributed by atoms with E-state index in [2.05, 4.69) is 20.6 Å². The summed E-state index contributed by atoms with van der Waals surface area (Å²) in [5.74, 6) is 1.54. The Labute approximate surface area is 150 Å². The van der Waals surface area contributed by atoms with Crippen LogP contribution in [0.3, 0.4) is 0 Å². The molecule has 6 heteroatoms. The molecule has 1 aliphatic rings. The zero-order chi connectivity index (χ0) is 17.4. The highest BCUT2D eigenvalue weighted by Gasteiger charge is 2.22. The number of amides is 1. The monoisotopic (exact) mass is 352 g/mol. The Morgan fingerprint density at radius 1 is 1.28 bits per heavy atom. The number of aryl methyl sites for hydroxylation is 3. The summed E-state index contributed by atoms with van der Waals surface area (Å²) in [6, 6.07) is 7.52. The van der Waals surface area contributed by atoms with Crippen LogP contribution in [0.5, 0.6) is 0 Å². The first kappa shape index (κ1) is 16.0. The molecule has 0 spiro atoms. The molecule has 25 heavy (non-hydrogen) atoms. The van der Waals surface area contributed by atoms with Crippen LogP contribution in [0, 0.1) is 6.92 Å². The van der Waals surface area contributed by atoms with Crippen LogP contribution in [0.15, 0.2) is 24.3 Å². The lowest BCUT2D eigenvalue weighted by Gasteiger charge is -2.10. The van der Waals surface area contributed by atoms with Crippen LogP contribution in [-0.2, 0) is 12.8 Å². The van der Waals surface area contributed by atoms with Gasteiger partial charge in [0.1, 0.15) is 16.5 Å². The lowest BCUT2D eigenvalue weighted by molar-refractivity contribution is 0.0956. The second kappa shape index (κ2) is 6.44. The Balaban J connectivity index is 1.74. The van der Waals surface area contributed by atoms with Crippen molar-refractivity contribution in [3.63, 3.8) is 0 Å². The van der Waals surface area contributed by atoms with E-state index in [0.29, 0.717) is 12.1 Å². The van der Waals surface area contributed by atoms with Crippen molar-refractivity contribution in [2.24, 2.45) is 0 Å². The van der Waals surface area contributed by atoms with Gasteiger partial charge in [0.05, 0.1) is 5.39 Å². The number of aromatic nitrogens is 2. The maximum Gasteiger partial charge on any atom is 0.251 e. The van der Waals surface area contributed by atoms with Crippen LogP contribution in [0.25, 0.3) is 10.2 Å². The minimum atomic E-state index is -0.0633. The third kappa shape index (κ3) is 2.98. The number of carbonyl (C=O) groups is 1. The molecular weight excluding hydrogens is 332 g/mol. The third-order valence-electron chi connectivity index (χ3n) is 4.40. The zero-order valence-corrected chi connectivity index (χ0v) is 15.2. The van der Waals surface area contributed by atoms with Gasteiger partial charge in [-0.25, -0.2) is 9.97 Å². The maximum atomic E-state index is 12.1. The first-order valence-corrected chi connectivity index (χ1v) is 9.41. The largest absolute Gasteiger partial charge is 0.352 e. The summed E-state index contributed by atoms with van der Waals surface area (Å²) in [7, 11) is 0. The fourth-order valence-electron chi connectivity index (χ4n) is 3.33. The summed E-state index contributed by atoms with van der Waals surface area (Å²) in [5.41, 5.74) is 2.90.